The quantitative estimate of drug-likeness (QED) is 0.557. The average Bonchev–Trinajstić information content (AvgIpc) is 3.06. The Morgan fingerprint density at radius 3 is 2.68 bits per heavy atom. The summed E-state index contributed by atoms with van der Waals surface area (Å²) in [5.74, 6) is 1.13. The Balaban J connectivity index is 1.70. The molecule has 3 rings (SSSR count). The van der Waals surface area contributed by atoms with E-state index in [0.717, 1.165) is 0 Å². The molecule has 1 amide bonds. The van der Waals surface area contributed by atoms with E-state index in [0.29, 0.717) is 38.0 Å². The summed E-state index contributed by atoms with van der Waals surface area (Å²) in [5, 5.41) is 3.98. The van der Waals surface area contributed by atoms with E-state index in [9.17, 15) is 4.79 Å². The highest BCUT2D eigenvalue weighted by Gasteiger charge is 2.10. The van der Waals surface area contributed by atoms with Gasteiger partial charge >= 0.3 is 0 Å². The molecule has 0 saturated heterocycles. The molecule has 0 fully saturated rings. The number of anilines is 1. The lowest BCUT2D eigenvalue weighted by Crippen LogP contribution is -2.08. The molecule has 1 aromatic carbocycles. The van der Waals surface area contributed by atoms with Crippen molar-refractivity contribution in [1.82, 2.24) is 4.98 Å². The smallest absolute Gasteiger partial charge is 0.249 e. The number of hydrogen-bond donors (Lipinski definition) is 1. The maximum absolute atomic E-state index is 11.9. The van der Waals surface area contributed by atoms with Crippen LogP contribution in [0.2, 0.25) is 15.1 Å². The maximum atomic E-state index is 11.9. The van der Waals surface area contributed by atoms with Crippen LogP contribution in [0.4, 0.5) is 5.82 Å². The van der Waals surface area contributed by atoms with Crippen molar-refractivity contribution in [3.63, 3.8) is 0 Å². The average molecular weight is 394 g/mol. The third-order valence-electron chi connectivity index (χ3n) is 3.22. The van der Waals surface area contributed by atoms with Crippen LogP contribution in [-0.2, 0) is 4.79 Å². The predicted octanol–water partition coefficient (Wildman–Crippen LogP) is 5.95. The standard InChI is InChI=1S/C18H11Cl3N2O2/c19-11-4-8-16(22-10-11)23-17(24)9-6-12-5-7-15(25-12)13-2-1-3-14(20)18(13)21/h1-10H,(H,22,23,24). The number of carbonyl (C=O) groups is 1. The summed E-state index contributed by atoms with van der Waals surface area (Å²) in [6, 6.07) is 12.0. The highest BCUT2D eigenvalue weighted by atomic mass is 35.5. The van der Waals surface area contributed by atoms with Crippen molar-refractivity contribution < 1.29 is 9.21 Å². The van der Waals surface area contributed by atoms with Gasteiger partial charge in [-0.1, -0.05) is 40.9 Å². The van der Waals surface area contributed by atoms with Gasteiger partial charge in [0.05, 0.1) is 15.1 Å². The Kier molecular flexibility index (Phi) is 5.43. The zero-order valence-electron chi connectivity index (χ0n) is 12.7. The van der Waals surface area contributed by atoms with E-state index >= 15 is 0 Å². The topological polar surface area (TPSA) is 55.1 Å². The Hall–Kier alpha value is -2.27. The van der Waals surface area contributed by atoms with Gasteiger partial charge in [-0.3, -0.25) is 4.79 Å². The third-order valence-corrected chi connectivity index (χ3v) is 4.26. The Bertz CT molecular complexity index is 934. The van der Waals surface area contributed by atoms with Gasteiger partial charge in [-0.15, -0.1) is 0 Å². The van der Waals surface area contributed by atoms with Crippen molar-refractivity contribution in [2.24, 2.45) is 0 Å². The zero-order valence-corrected chi connectivity index (χ0v) is 14.9. The van der Waals surface area contributed by atoms with Crippen LogP contribution in [0.25, 0.3) is 17.4 Å². The Labute approximate surface area is 159 Å². The molecule has 0 saturated carbocycles. The van der Waals surface area contributed by atoms with Gasteiger partial charge in [0.2, 0.25) is 5.91 Å². The maximum Gasteiger partial charge on any atom is 0.249 e. The number of carbonyl (C=O) groups excluding carboxylic acids is 1. The van der Waals surface area contributed by atoms with Crippen molar-refractivity contribution in [2.45, 2.75) is 0 Å². The molecule has 7 heteroatoms. The van der Waals surface area contributed by atoms with Crippen molar-refractivity contribution >= 4 is 52.6 Å². The molecule has 0 aliphatic heterocycles. The third kappa shape index (κ3) is 4.42. The van der Waals surface area contributed by atoms with E-state index in [4.69, 9.17) is 39.2 Å². The van der Waals surface area contributed by atoms with Crippen LogP contribution in [0.15, 0.2) is 59.2 Å². The second-order valence-corrected chi connectivity index (χ2v) is 6.21. The lowest BCUT2D eigenvalue weighted by atomic mass is 10.2. The summed E-state index contributed by atoms with van der Waals surface area (Å²) >= 11 is 17.9. The van der Waals surface area contributed by atoms with Crippen molar-refractivity contribution in [3.05, 3.63) is 75.6 Å². The number of nitrogens with zero attached hydrogens (tertiary/aromatic N) is 1. The molecule has 0 aliphatic rings. The van der Waals surface area contributed by atoms with Crippen molar-refractivity contribution in [1.29, 1.82) is 0 Å². The summed E-state index contributed by atoms with van der Waals surface area (Å²) in [6.07, 6.45) is 4.35. The Morgan fingerprint density at radius 2 is 1.92 bits per heavy atom. The highest BCUT2D eigenvalue weighted by molar-refractivity contribution is 6.43. The van der Waals surface area contributed by atoms with Gasteiger partial charge < -0.3 is 9.73 Å². The van der Waals surface area contributed by atoms with Gasteiger partial charge in [-0.2, -0.15) is 0 Å². The number of hydrogen-bond acceptors (Lipinski definition) is 3. The van der Waals surface area contributed by atoms with E-state index in [-0.39, 0.29) is 5.91 Å². The molecule has 0 spiro atoms. The number of amides is 1. The molecule has 0 unspecified atom stereocenters. The molecule has 25 heavy (non-hydrogen) atoms. The first kappa shape index (κ1) is 17.5. The molecule has 4 nitrogen and oxygen atoms in total. The van der Waals surface area contributed by atoms with E-state index in [2.05, 4.69) is 10.3 Å². The number of aromatic nitrogens is 1. The van der Waals surface area contributed by atoms with Crippen LogP contribution < -0.4 is 5.32 Å². The number of furan rings is 1. The molecule has 0 atom stereocenters. The summed E-state index contributed by atoms with van der Waals surface area (Å²) in [7, 11) is 0. The van der Waals surface area contributed by atoms with Gasteiger partial charge in [0.15, 0.2) is 0 Å². The molecule has 0 aliphatic carbocycles. The number of pyridine rings is 1. The SMILES string of the molecule is O=C(C=Cc1ccc(-c2cccc(Cl)c2Cl)o1)Nc1ccc(Cl)cn1. The van der Waals surface area contributed by atoms with Crippen molar-refractivity contribution in [2.75, 3.05) is 5.32 Å². The fraction of sp³-hybridized carbons (Fsp3) is 0. The summed E-state index contributed by atoms with van der Waals surface area (Å²) < 4.78 is 5.68. The minimum absolute atomic E-state index is 0.339. The molecule has 2 aromatic heterocycles. The largest absolute Gasteiger partial charge is 0.457 e. The number of rotatable bonds is 4. The minimum atomic E-state index is -0.339. The molecule has 0 bridgehead atoms. The fourth-order valence-electron chi connectivity index (χ4n) is 2.06. The fourth-order valence-corrected chi connectivity index (χ4v) is 2.56. The van der Waals surface area contributed by atoms with E-state index in [1.807, 2.05) is 0 Å². The van der Waals surface area contributed by atoms with Gasteiger partial charge in [0, 0.05) is 17.8 Å². The van der Waals surface area contributed by atoms with Crippen molar-refractivity contribution in [3.8, 4) is 11.3 Å². The highest BCUT2D eigenvalue weighted by Crippen LogP contribution is 2.34. The number of nitrogens with one attached hydrogen (secondary N) is 1. The number of benzene rings is 1. The van der Waals surface area contributed by atoms with Gasteiger partial charge in [-0.05, 0) is 42.5 Å². The first-order valence-electron chi connectivity index (χ1n) is 7.18. The van der Waals surface area contributed by atoms with Crippen LogP contribution in [0.3, 0.4) is 0 Å². The monoisotopic (exact) mass is 392 g/mol. The van der Waals surface area contributed by atoms with Gasteiger partial charge in [-0.25, -0.2) is 4.98 Å². The lowest BCUT2D eigenvalue weighted by molar-refractivity contribution is -0.111. The summed E-state index contributed by atoms with van der Waals surface area (Å²) in [6.45, 7) is 0. The molecular weight excluding hydrogens is 383 g/mol. The van der Waals surface area contributed by atoms with Crippen LogP contribution in [0.1, 0.15) is 5.76 Å². The van der Waals surface area contributed by atoms with Crippen LogP contribution in [0.5, 0.6) is 0 Å². The first-order chi connectivity index (χ1) is 12.0. The molecule has 2 heterocycles. The van der Waals surface area contributed by atoms with E-state index in [1.54, 1.807) is 48.5 Å². The van der Waals surface area contributed by atoms with E-state index < -0.39 is 0 Å². The van der Waals surface area contributed by atoms with Gasteiger partial charge in [0.25, 0.3) is 0 Å². The summed E-state index contributed by atoms with van der Waals surface area (Å²) in [4.78, 5) is 15.9. The van der Waals surface area contributed by atoms with Crippen LogP contribution >= 0.6 is 34.8 Å². The summed E-state index contributed by atoms with van der Waals surface area (Å²) in [5.41, 5.74) is 0.684. The first-order valence-corrected chi connectivity index (χ1v) is 8.31. The number of halogens is 3. The second-order valence-electron chi connectivity index (χ2n) is 4.99. The van der Waals surface area contributed by atoms with Crippen LogP contribution in [0, 0.1) is 0 Å². The lowest BCUT2D eigenvalue weighted by Gasteiger charge is -2.02. The molecule has 1 N–H and O–H groups in total. The minimum Gasteiger partial charge on any atom is -0.457 e. The van der Waals surface area contributed by atoms with E-state index in [1.165, 1.54) is 12.3 Å². The second kappa shape index (κ2) is 7.74. The predicted molar refractivity (Wildman–Crippen MR) is 101 cm³/mol. The van der Waals surface area contributed by atoms with Crippen LogP contribution in [-0.4, -0.2) is 10.9 Å². The molecular formula is C18H11Cl3N2O2. The molecule has 0 radical (unpaired) electrons. The Morgan fingerprint density at radius 1 is 1.08 bits per heavy atom. The normalized spacial score (nSPS) is 11.0. The zero-order chi connectivity index (χ0) is 17.8. The molecule has 3 aromatic rings. The van der Waals surface area contributed by atoms with Gasteiger partial charge in [0.1, 0.15) is 17.3 Å². The molecule has 126 valence electrons.